The number of hydrogen-bond donors (Lipinski definition) is 1. The van der Waals surface area contributed by atoms with Gasteiger partial charge in [0, 0.05) is 30.3 Å². The zero-order chi connectivity index (χ0) is 12.1. The van der Waals surface area contributed by atoms with Crippen LogP contribution in [0.25, 0.3) is 0 Å². The van der Waals surface area contributed by atoms with Gasteiger partial charge >= 0.3 is 0 Å². The molecule has 0 saturated heterocycles. The molecular weight excluding hydrogens is 188 g/mol. The lowest BCUT2D eigenvalue weighted by Gasteiger charge is -2.15. The van der Waals surface area contributed by atoms with Crippen molar-refractivity contribution in [2.45, 2.75) is 27.7 Å². The summed E-state index contributed by atoms with van der Waals surface area (Å²) in [4.78, 5) is 13.7. The summed E-state index contributed by atoms with van der Waals surface area (Å²) in [7, 11) is 4.06. The predicted molar refractivity (Wildman–Crippen MR) is 64.8 cm³/mol. The van der Waals surface area contributed by atoms with E-state index in [1.54, 1.807) is 6.08 Å². The van der Waals surface area contributed by atoms with Gasteiger partial charge in [0.15, 0.2) is 5.78 Å². The monoisotopic (exact) mass is 212 g/mol. The Labute approximate surface area is 93.5 Å². The van der Waals surface area contributed by atoms with Gasteiger partial charge in [0.05, 0.1) is 0 Å². The van der Waals surface area contributed by atoms with Crippen molar-refractivity contribution in [1.82, 2.24) is 10.2 Å². The van der Waals surface area contributed by atoms with Gasteiger partial charge in [0.25, 0.3) is 0 Å². The van der Waals surface area contributed by atoms with Crippen LogP contribution in [0.1, 0.15) is 27.7 Å². The van der Waals surface area contributed by atoms with E-state index in [1.165, 1.54) is 0 Å². The summed E-state index contributed by atoms with van der Waals surface area (Å²) in [5.74, 6) is 0.164. The number of rotatable bonds is 5. The molecule has 0 aromatic carbocycles. The van der Waals surface area contributed by atoms with Crippen LogP contribution in [0, 0.1) is 5.41 Å². The van der Waals surface area contributed by atoms with Crippen LogP contribution in [0.15, 0.2) is 11.8 Å². The minimum absolute atomic E-state index is 0.164. The van der Waals surface area contributed by atoms with Crippen molar-refractivity contribution >= 4 is 5.78 Å². The summed E-state index contributed by atoms with van der Waals surface area (Å²) in [5, 5.41) is 3.22. The minimum atomic E-state index is -0.287. The quantitative estimate of drug-likeness (QED) is 0.703. The first-order valence-corrected chi connectivity index (χ1v) is 5.35. The van der Waals surface area contributed by atoms with Crippen LogP contribution in [-0.2, 0) is 4.79 Å². The Morgan fingerprint density at radius 2 is 1.87 bits per heavy atom. The SMILES string of the molecule is CC(=CC(=O)C(C)(C)C)NCCN(C)C. The second-order valence-corrected chi connectivity index (χ2v) is 5.17. The molecule has 0 radical (unpaired) electrons. The highest BCUT2D eigenvalue weighted by atomic mass is 16.1. The highest BCUT2D eigenvalue weighted by Gasteiger charge is 2.18. The summed E-state index contributed by atoms with van der Waals surface area (Å²) in [6, 6.07) is 0. The number of likely N-dealkylation sites (N-methyl/N-ethyl adjacent to an activating group) is 1. The second kappa shape index (κ2) is 5.91. The lowest BCUT2D eigenvalue weighted by atomic mass is 9.90. The van der Waals surface area contributed by atoms with E-state index >= 15 is 0 Å². The van der Waals surface area contributed by atoms with E-state index in [-0.39, 0.29) is 11.2 Å². The van der Waals surface area contributed by atoms with Crippen LogP contribution < -0.4 is 5.32 Å². The van der Waals surface area contributed by atoms with Crippen LogP contribution >= 0.6 is 0 Å². The minimum Gasteiger partial charge on any atom is -0.387 e. The Morgan fingerprint density at radius 3 is 2.27 bits per heavy atom. The number of allylic oxidation sites excluding steroid dienone is 2. The molecule has 0 fully saturated rings. The van der Waals surface area contributed by atoms with Gasteiger partial charge in [0.2, 0.25) is 0 Å². The fourth-order valence-corrected chi connectivity index (χ4v) is 0.941. The van der Waals surface area contributed by atoms with Crippen LogP contribution in [0.2, 0.25) is 0 Å². The van der Waals surface area contributed by atoms with Gasteiger partial charge in [-0.1, -0.05) is 20.8 Å². The first-order valence-electron chi connectivity index (χ1n) is 5.35. The number of ketones is 1. The fraction of sp³-hybridized carbons (Fsp3) is 0.750. The maximum Gasteiger partial charge on any atom is 0.162 e. The van der Waals surface area contributed by atoms with Crippen LogP contribution in [-0.4, -0.2) is 37.9 Å². The van der Waals surface area contributed by atoms with Gasteiger partial charge in [-0.15, -0.1) is 0 Å². The third kappa shape index (κ3) is 7.14. The molecule has 88 valence electrons. The highest BCUT2D eigenvalue weighted by molar-refractivity contribution is 5.94. The largest absolute Gasteiger partial charge is 0.387 e. The molecule has 0 aromatic rings. The Bertz CT molecular complexity index is 236. The molecule has 3 heteroatoms. The van der Waals surface area contributed by atoms with Gasteiger partial charge in [-0.25, -0.2) is 0 Å². The zero-order valence-corrected chi connectivity index (χ0v) is 10.8. The number of nitrogens with one attached hydrogen (secondary N) is 1. The molecule has 0 aliphatic carbocycles. The van der Waals surface area contributed by atoms with E-state index in [2.05, 4.69) is 10.2 Å². The Balaban J connectivity index is 4.04. The van der Waals surface area contributed by atoms with E-state index in [0.29, 0.717) is 0 Å². The van der Waals surface area contributed by atoms with Crippen molar-refractivity contribution in [1.29, 1.82) is 0 Å². The van der Waals surface area contributed by atoms with Crippen LogP contribution in [0.5, 0.6) is 0 Å². The standard InChI is InChI=1S/C12H24N2O/c1-10(13-7-8-14(5)6)9-11(15)12(2,3)4/h9,13H,7-8H2,1-6H3. The van der Waals surface area contributed by atoms with Gasteiger partial charge in [-0.2, -0.15) is 0 Å². The topological polar surface area (TPSA) is 32.3 Å². The number of carbonyl (C=O) groups is 1. The molecule has 0 aromatic heterocycles. The summed E-state index contributed by atoms with van der Waals surface area (Å²) in [5.41, 5.74) is 0.654. The molecule has 3 nitrogen and oxygen atoms in total. The van der Waals surface area contributed by atoms with Gasteiger partial charge < -0.3 is 10.2 Å². The second-order valence-electron chi connectivity index (χ2n) is 5.17. The van der Waals surface area contributed by atoms with E-state index in [4.69, 9.17) is 0 Å². The average Bonchev–Trinajstić information content (AvgIpc) is 2.01. The predicted octanol–water partition coefficient (Wildman–Crippen LogP) is 1.66. The third-order valence-corrected chi connectivity index (χ3v) is 2.05. The summed E-state index contributed by atoms with van der Waals surface area (Å²) < 4.78 is 0. The molecule has 0 rings (SSSR count). The molecule has 0 atom stereocenters. The Morgan fingerprint density at radius 1 is 1.33 bits per heavy atom. The van der Waals surface area contributed by atoms with Crippen molar-refractivity contribution in [3.8, 4) is 0 Å². The third-order valence-electron chi connectivity index (χ3n) is 2.05. The summed E-state index contributed by atoms with van der Waals surface area (Å²) >= 11 is 0. The van der Waals surface area contributed by atoms with E-state index in [9.17, 15) is 4.79 Å². The molecule has 0 bridgehead atoms. The van der Waals surface area contributed by atoms with Crippen molar-refractivity contribution in [2.24, 2.45) is 5.41 Å². The first-order chi connectivity index (χ1) is 6.73. The van der Waals surface area contributed by atoms with Crippen molar-refractivity contribution in [2.75, 3.05) is 27.2 Å². The molecule has 0 aliphatic rings. The van der Waals surface area contributed by atoms with Crippen molar-refractivity contribution in [3.63, 3.8) is 0 Å². The van der Waals surface area contributed by atoms with Gasteiger partial charge in [-0.3, -0.25) is 4.79 Å². The summed E-state index contributed by atoms with van der Waals surface area (Å²) in [6.07, 6.45) is 1.69. The normalized spacial score (nSPS) is 13.1. The number of carbonyl (C=O) groups excluding carboxylic acids is 1. The maximum atomic E-state index is 11.6. The van der Waals surface area contributed by atoms with Gasteiger partial charge in [-0.05, 0) is 21.0 Å². The van der Waals surface area contributed by atoms with E-state index in [1.807, 2.05) is 41.8 Å². The van der Waals surface area contributed by atoms with Crippen molar-refractivity contribution < 1.29 is 4.79 Å². The zero-order valence-electron chi connectivity index (χ0n) is 10.8. The molecule has 0 unspecified atom stereocenters. The molecule has 15 heavy (non-hydrogen) atoms. The van der Waals surface area contributed by atoms with Crippen molar-refractivity contribution in [3.05, 3.63) is 11.8 Å². The van der Waals surface area contributed by atoms with E-state index < -0.39 is 0 Å². The molecule has 0 saturated carbocycles. The summed E-state index contributed by atoms with van der Waals surface area (Å²) in [6.45, 7) is 9.55. The molecular formula is C12H24N2O. The highest BCUT2D eigenvalue weighted by Crippen LogP contribution is 2.15. The van der Waals surface area contributed by atoms with E-state index in [0.717, 1.165) is 18.8 Å². The number of hydrogen-bond acceptors (Lipinski definition) is 3. The lowest BCUT2D eigenvalue weighted by Crippen LogP contribution is -2.26. The maximum absolute atomic E-state index is 11.6. The smallest absolute Gasteiger partial charge is 0.162 e. The lowest BCUT2D eigenvalue weighted by molar-refractivity contribution is -0.121. The fourth-order valence-electron chi connectivity index (χ4n) is 0.941. The van der Waals surface area contributed by atoms with Crippen LogP contribution in [0.3, 0.4) is 0 Å². The van der Waals surface area contributed by atoms with Gasteiger partial charge in [0.1, 0.15) is 0 Å². The first kappa shape index (κ1) is 14.2. The molecule has 0 aliphatic heterocycles. The molecule has 0 spiro atoms. The molecule has 1 N–H and O–H groups in total. The molecule has 0 heterocycles. The molecule has 0 amide bonds. The Hall–Kier alpha value is -0.830. The van der Waals surface area contributed by atoms with Crippen LogP contribution in [0.4, 0.5) is 0 Å². The average molecular weight is 212 g/mol. The Kier molecular flexibility index (Phi) is 5.58. The number of nitrogens with zero attached hydrogens (tertiary/aromatic N) is 1.